The van der Waals surface area contributed by atoms with Gasteiger partial charge in [0.15, 0.2) is 5.65 Å². The lowest BCUT2D eigenvalue weighted by atomic mass is 10.2. The van der Waals surface area contributed by atoms with Gasteiger partial charge in [0.05, 0.1) is 17.3 Å². The van der Waals surface area contributed by atoms with Crippen molar-refractivity contribution in [3.8, 4) is 5.69 Å². The van der Waals surface area contributed by atoms with Crippen LogP contribution in [0.25, 0.3) is 16.7 Å². The predicted molar refractivity (Wildman–Crippen MR) is 105 cm³/mol. The summed E-state index contributed by atoms with van der Waals surface area (Å²) >= 11 is 0. The van der Waals surface area contributed by atoms with E-state index in [1.165, 1.54) is 11.3 Å². The third-order valence-electron chi connectivity index (χ3n) is 4.25. The molecule has 0 fully saturated rings. The van der Waals surface area contributed by atoms with Gasteiger partial charge in [0.2, 0.25) is 0 Å². The van der Waals surface area contributed by atoms with Crippen molar-refractivity contribution in [2.45, 2.75) is 6.54 Å². The highest BCUT2D eigenvalue weighted by Gasteiger charge is 2.11. The van der Waals surface area contributed by atoms with Crippen molar-refractivity contribution < 1.29 is 0 Å². The van der Waals surface area contributed by atoms with Crippen LogP contribution < -0.4 is 10.2 Å². The number of nitrogens with one attached hydrogen (secondary N) is 1. The zero-order chi connectivity index (χ0) is 17.9. The van der Waals surface area contributed by atoms with Crippen LogP contribution in [0.2, 0.25) is 0 Å². The van der Waals surface area contributed by atoms with Crippen molar-refractivity contribution in [1.82, 2.24) is 19.7 Å². The first-order valence-corrected chi connectivity index (χ1v) is 8.46. The summed E-state index contributed by atoms with van der Waals surface area (Å²) in [5, 5.41) is 8.80. The van der Waals surface area contributed by atoms with Crippen molar-refractivity contribution in [2.24, 2.45) is 0 Å². The van der Waals surface area contributed by atoms with Crippen molar-refractivity contribution in [2.75, 3.05) is 24.3 Å². The Morgan fingerprint density at radius 1 is 1.00 bits per heavy atom. The molecule has 130 valence electrons. The summed E-state index contributed by atoms with van der Waals surface area (Å²) in [6.45, 7) is 0.685. The zero-order valence-electron chi connectivity index (χ0n) is 14.8. The first kappa shape index (κ1) is 16.1. The maximum absolute atomic E-state index is 4.49. The molecule has 4 aromatic rings. The van der Waals surface area contributed by atoms with Crippen LogP contribution in [0, 0.1) is 0 Å². The number of nitrogens with zero attached hydrogens (tertiary/aromatic N) is 5. The highest BCUT2D eigenvalue weighted by molar-refractivity contribution is 5.87. The summed E-state index contributed by atoms with van der Waals surface area (Å²) in [4.78, 5) is 10.9. The lowest BCUT2D eigenvalue weighted by Crippen LogP contribution is -2.09. The predicted octanol–water partition coefficient (Wildman–Crippen LogP) is 3.49. The second-order valence-corrected chi connectivity index (χ2v) is 6.27. The van der Waals surface area contributed by atoms with E-state index in [1.54, 1.807) is 12.5 Å². The highest BCUT2D eigenvalue weighted by Crippen LogP contribution is 2.22. The van der Waals surface area contributed by atoms with E-state index in [9.17, 15) is 0 Å². The molecule has 0 atom stereocenters. The average Bonchev–Trinajstić information content (AvgIpc) is 3.12. The molecule has 0 aliphatic carbocycles. The van der Waals surface area contributed by atoms with Gasteiger partial charge >= 0.3 is 0 Å². The molecule has 0 radical (unpaired) electrons. The molecule has 6 heteroatoms. The Morgan fingerprint density at radius 2 is 1.85 bits per heavy atom. The standard InChI is InChI=1S/C20H20N6/c1-25(2)17-10-6-7-15(11-17)12-21-19-18-13-24-26(20(18)23-14-22-19)16-8-4-3-5-9-16/h3-11,13-14H,12H2,1-2H3,(H,21,22,23). The molecule has 0 saturated heterocycles. The molecule has 0 aliphatic heterocycles. The maximum atomic E-state index is 4.49. The number of para-hydroxylation sites is 1. The second-order valence-electron chi connectivity index (χ2n) is 6.27. The molecule has 2 heterocycles. The number of anilines is 2. The summed E-state index contributed by atoms with van der Waals surface area (Å²) < 4.78 is 1.83. The minimum Gasteiger partial charge on any atom is -0.378 e. The van der Waals surface area contributed by atoms with E-state index in [1.807, 2.05) is 49.1 Å². The second kappa shape index (κ2) is 6.84. The van der Waals surface area contributed by atoms with E-state index in [2.05, 4.69) is 49.5 Å². The van der Waals surface area contributed by atoms with E-state index in [0.717, 1.165) is 22.5 Å². The molecular weight excluding hydrogens is 324 g/mol. The van der Waals surface area contributed by atoms with Crippen LogP contribution in [0.4, 0.5) is 11.5 Å². The van der Waals surface area contributed by atoms with E-state index in [0.29, 0.717) is 6.54 Å². The molecule has 0 bridgehead atoms. The van der Waals surface area contributed by atoms with Gasteiger partial charge in [-0.2, -0.15) is 5.10 Å². The molecule has 4 rings (SSSR count). The van der Waals surface area contributed by atoms with Gasteiger partial charge in [0, 0.05) is 26.3 Å². The Labute approximate surface area is 152 Å². The SMILES string of the molecule is CN(C)c1cccc(CNc2ncnc3c2cnn3-c2ccccc2)c1. The van der Waals surface area contributed by atoms with Gasteiger partial charge in [-0.15, -0.1) is 0 Å². The van der Waals surface area contributed by atoms with Crippen LogP contribution >= 0.6 is 0 Å². The van der Waals surface area contributed by atoms with Gasteiger partial charge in [0.1, 0.15) is 12.1 Å². The smallest absolute Gasteiger partial charge is 0.168 e. The fourth-order valence-electron chi connectivity index (χ4n) is 2.87. The average molecular weight is 344 g/mol. The first-order valence-electron chi connectivity index (χ1n) is 8.46. The third-order valence-corrected chi connectivity index (χ3v) is 4.25. The van der Waals surface area contributed by atoms with Crippen LogP contribution in [-0.2, 0) is 6.54 Å². The van der Waals surface area contributed by atoms with Crippen molar-refractivity contribution in [3.63, 3.8) is 0 Å². The summed E-state index contributed by atoms with van der Waals surface area (Å²) in [6.07, 6.45) is 3.38. The van der Waals surface area contributed by atoms with E-state index >= 15 is 0 Å². The molecule has 26 heavy (non-hydrogen) atoms. The summed E-state index contributed by atoms with van der Waals surface area (Å²) in [5.74, 6) is 0.785. The van der Waals surface area contributed by atoms with Crippen LogP contribution in [-0.4, -0.2) is 33.8 Å². The van der Waals surface area contributed by atoms with Crippen molar-refractivity contribution in [3.05, 3.63) is 72.7 Å². The van der Waals surface area contributed by atoms with Gasteiger partial charge in [-0.05, 0) is 29.8 Å². The van der Waals surface area contributed by atoms with Gasteiger partial charge in [-0.3, -0.25) is 0 Å². The van der Waals surface area contributed by atoms with Gasteiger partial charge in [-0.25, -0.2) is 14.6 Å². The molecular formula is C20H20N6. The minimum atomic E-state index is 0.685. The topological polar surface area (TPSA) is 58.9 Å². The Hall–Kier alpha value is -3.41. The Morgan fingerprint density at radius 3 is 2.65 bits per heavy atom. The molecule has 2 aromatic carbocycles. The van der Waals surface area contributed by atoms with Crippen LogP contribution in [0.15, 0.2) is 67.1 Å². The molecule has 2 aromatic heterocycles. The monoisotopic (exact) mass is 344 g/mol. The summed E-state index contributed by atoms with van der Waals surface area (Å²) in [5.41, 5.74) is 4.13. The first-order chi connectivity index (χ1) is 12.7. The normalized spacial score (nSPS) is 10.8. The zero-order valence-corrected chi connectivity index (χ0v) is 14.8. The van der Waals surface area contributed by atoms with Crippen molar-refractivity contribution in [1.29, 1.82) is 0 Å². The molecule has 0 unspecified atom stereocenters. The lowest BCUT2D eigenvalue weighted by Gasteiger charge is -2.14. The fraction of sp³-hybridized carbons (Fsp3) is 0.150. The number of rotatable bonds is 5. The van der Waals surface area contributed by atoms with E-state index < -0.39 is 0 Å². The third kappa shape index (κ3) is 3.09. The van der Waals surface area contributed by atoms with Crippen LogP contribution in [0.5, 0.6) is 0 Å². The minimum absolute atomic E-state index is 0.685. The molecule has 1 N–H and O–H groups in total. The Kier molecular flexibility index (Phi) is 4.23. The van der Waals surface area contributed by atoms with Crippen LogP contribution in [0.1, 0.15) is 5.56 Å². The van der Waals surface area contributed by atoms with E-state index in [-0.39, 0.29) is 0 Å². The lowest BCUT2D eigenvalue weighted by molar-refractivity contribution is 0.895. The molecule has 6 nitrogen and oxygen atoms in total. The number of aromatic nitrogens is 4. The number of benzene rings is 2. The fourth-order valence-corrected chi connectivity index (χ4v) is 2.87. The molecule has 0 amide bonds. The van der Waals surface area contributed by atoms with E-state index in [4.69, 9.17) is 0 Å². The molecule has 0 saturated carbocycles. The number of fused-ring (bicyclic) bond motifs is 1. The molecule has 0 aliphatic rings. The molecule has 0 spiro atoms. The van der Waals surface area contributed by atoms with Gasteiger partial charge in [0.25, 0.3) is 0 Å². The van der Waals surface area contributed by atoms with Crippen molar-refractivity contribution >= 4 is 22.5 Å². The summed E-state index contributed by atoms with van der Waals surface area (Å²) in [6, 6.07) is 18.4. The van der Waals surface area contributed by atoms with Gasteiger partial charge < -0.3 is 10.2 Å². The largest absolute Gasteiger partial charge is 0.378 e. The number of hydrogen-bond acceptors (Lipinski definition) is 5. The quantitative estimate of drug-likeness (QED) is 0.600. The van der Waals surface area contributed by atoms with Gasteiger partial charge in [-0.1, -0.05) is 30.3 Å². The number of hydrogen-bond donors (Lipinski definition) is 1. The van der Waals surface area contributed by atoms with Crippen LogP contribution in [0.3, 0.4) is 0 Å². The Bertz CT molecular complexity index is 1020. The Balaban J connectivity index is 1.62. The highest BCUT2D eigenvalue weighted by atomic mass is 15.3. The summed E-state index contributed by atoms with van der Waals surface area (Å²) in [7, 11) is 4.08. The maximum Gasteiger partial charge on any atom is 0.168 e.